The Bertz CT molecular complexity index is 472. The van der Waals surface area contributed by atoms with E-state index in [0.29, 0.717) is 11.8 Å². The molecule has 0 saturated carbocycles. The molecule has 7 heteroatoms. The fourth-order valence-corrected chi connectivity index (χ4v) is 1.87. The highest BCUT2D eigenvalue weighted by atomic mass is 32.2. The van der Waals surface area contributed by atoms with Crippen LogP contribution < -0.4 is 5.56 Å². The summed E-state index contributed by atoms with van der Waals surface area (Å²) in [6, 6.07) is 1.30. The van der Waals surface area contributed by atoms with Crippen molar-refractivity contribution >= 4 is 23.5 Å². The summed E-state index contributed by atoms with van der Waals surface area (Å²) in [5, 5.41) is 0.395. The number of esters is 1. The minimum atomic E-state index is -0.373. The van der Waals surface area contributed by atoms with E-state index in [-0.39, 0.29) is 35.9 Å². The number of rotatable bonds is 7. The van der Waals surface area contributed by atoms with Gasteiger partial charge in [-0.1, -0.05) is 11.8 Å². The van der Waals surface area contributed by atoms with Gasteiger partial charge in [0.15, 0.2) is 5.16 Å². The summed E-state index contributed by atoms with van der Waals surface area (Å²) in [5.74, 6) is -0.284. The monoisotopic (exact) mass is 270 g/mol. The van der Waals surface area contributed by atoms with E-state index in [1.807, 2.05) is 0 Å². The number of carbonyl (C=O) groups is 2. The number of H-pyrrole nitrogens is 1. The summed E-state index contributed by atoms with van der Waals surface area (Å²) in [6.45, 7) is 2.03. The number of thioether (sulfide) groups is 1. The van der Waals surface area contributed by atoms with E-state index in [0.717, 1.165) is 11.8 Å². The van der Waals surface area contributed by atoms with Gasteiger partial charge in [0.05, 0.1) is 18.8 Å². The number of ether oxygens (including phenoxy) is 1. The molecule has 0 atom stereocenters. The molecule has 0 bridgehead atoms. The third-order valence-corrected chi connectivity index (χ3v) is 2.88. The van der Waals surface area contributed by atoms with Crippen molar-refractivity contribution < 1.29 is 14.3 Å². The standard InChI is InChI=1S/C11H14N2O4S/c1-2-17-10(16)4-3-8(14)7-18-11-12-6-5-9(15)13-11/h5-6H,2-4,7H2,1H3,(H,12,13,15). The molecule has 0 aliphatic carbocycles. The molecule has 1 rings (SSSR count). The maximum absolute atomic E-state index is 11.5. The number of nitrogens with zero attached hydrogens (tertiary/aromatic N) is 1. The molecule has 0 aliphatic rings. The highest BCUT2D eigenvalue weighted by Gasteiger charge is 2.08. The highest BCUT2D eigenvalue weighted by molar-refractivity contribution is 7.99. The molecule has 18 heavy (non-hydrogen) atoms. The number of nitrogens with one attached hydrogen (secondary N) is 1. The van der Waals surface area contributed by atoms with Crippen molar-refractivity contribution in [2.75, 3.05) is 12.4 Å². The first-order valence-corrected chi connectivity index (χ1v) is 6.46. The summed E-state index contributed by atoms with van der Waals surface area (Å²) in [5.41, 5.74) is -0.258. The Kier molecular flexibility index (Phi) is 6.13. The van der Waals surface area contributed by atoms with Gasteiger partial charge in [-0.2, -0.15) is 0 Å². The number of hydrogen-bond acceptors (Lipinski definition) is 6. The van der Waals surface area contributed by atoms with Crippen LogP contribution in [0, 0.1) is 0 Å². The topological polar surface area (TPSA) is 89.1 Å². The molecular weight excluding hydrogens is 256 g/mol. The summed E-state index contributed by atoms with van der Waals surface area (Å²) >= 11 is 1.14. The zero-order valence-electron chi connectivity index (χ0n) is 9.97. The molecule has 1 N–H and O–H groups in total. The van der Waals surface area contributed by atoms with Gasteiger partial charge in [-0.25, -0.2) is 4.98 Å². The minimum absolute atomic E-state index is 0.0837. The Morgan fingerprint density at radius 3 is 2.89 bits per heavy atom. The van der Waals surface area contributed by atoms with Gasteiger partial charge < -0.3 is 9.72 Å². The Hall–Kier alpha value is -1.63. The van der Waals surface area contributed by atoms with Gasteiger partial charge in [0.25, 0.3) is 5.56 Å². The van der Waals surface area contributed by atoms with E-state index in [1.54, 1.807) is 6.92 Å². The number of aromatic nitrogens is 2. The van der Waals surface area contributed by atoms with Crippen LogP contribution in [-0.2, 0) is 14.3 Å². The molecular formula is C11H14N2O4S. The van der Waals surface area contributed by atoms with Crippen LogP contribution in [-0.4, -0.2) is 34.1 Å². The van der Waals surface area contributed by atoms with Crippen molar-refractivity contribution in [3.8, 4) is 0 Å². The highest BCUT2D eigenvalue weighted by Crippen LogP contribution is 2.11. The number of Topliss-reactive ketones (excluding diaryl/α,β-unsaturated/α-hetero) is 1. The van der Waals surface area contributed by atoms with Gasteiger partial charge in [0.1, 0.15) is 5.78 Å². The van der Waals surface area contributed by atoms with Gasteiger partial charge in [0, 0.05) is 18.7 Å². The summed E-state index contributed by atoms with van der Waals surface area (Å²) < 4.78 is 4.71. The Morgan fingerprint density at radius 1 is 1.44 bits per heavy atom. The molecule has 1 aromatic heterocycles. The van der Waals surface area contributed by atoms with E-state index >= 15 is 0 Å². The second-order valence-corrected chi connectivity index (χ2v) is 4.34. The van der Waals surface area contributed by atoms with Crippen molar-refractivity contribution in [3.05, 3.63) is 22.6 Å². The second kappa shape index (κ2) is 7.65. The molecule has 0 unspecified atom stereocenters. The molecule has 0 saturated heterocycles. The molecule has 0 spiro atoms. The van der Waals surface area contributed by atoms with E-state index in [4.69, 9.17) is 4.74 Å². The molecule has 98 valence electrons. The van der Waals surface area contributed by atoms with Gasteiger partial charge in [-0.15, -0.1) is 0 Å². The first-order valence-electron chi connectivity index (χ1n) is 5.47. The minimum Gasteiger partial charge on any atom is -0.466 e. The lowest BCUT2D eigenvalue weighted by molar-refractivity contribution is -0.144. The fraction of sp³-hybridized carbons (Fsp3) is 0.455. The van der Waals surface area contributed by atoms with Gasteiger partial charge in [-0.3, -0.25) is 14.4 Å². The zero-order valence-corrected chi connectivity index (χ0v) is 10.8. The van der Waals surface area contributed by atoms with Gasteiger partial charge in [-0.05, 0) is 6.92 Å². The third kappa shape index (κ3) is 5.62. The predicted octanol–water partition coefficient (Wildman–Crippen LogP) is 0.774. The van der Waals surface area contributed by atoms with Crippen LogP contribution >= 0.6 is 11.8 Å². The van der Waals surface area contributed by atoms with Crippen LogP contribution in [0.1, 0.15) is 19.8 Å². The average molecular weight is 270 g/mol. The van der Waals surface area contributed by atoms with Crippen LogP contribution in [0.5, 0.6) is 0 Å². The predicted molar refractivity (Wildman–Crippen MR) is 66.5 cm³/mol. The normalized spacial score (nSPS) is 10.1. The second-order valence-electron chi connectivity index (χ2n) is 3.37. The molecule has 0 aliphatic heterocycles. The lowest BCUT2D eigenvalue weighted by Crippen LogP contribution is -2.10. The summed E-state index contributed by atoms with van der Waals surface area (Å²) in [4.78, 5) is 39.9. The Balaban J connectivity index is 2.29. The summed E-state index contributed by atoms with van der Waals surface area (Å²) in [6.07, 6.45) is 1.61. The largest absolute Gasteiger partial charge is 0.466 e. The van der Waals surface area contributed by atoms with Crippen molar-refractivity contribution in [3.63, 3.8) is 0 Å². The average Bonchev–Trinajstić information content (AvgIpc) is 2.34. The van der Waals surface area contributed by atoms with Crippen molar-refractivity contribution in [1.29, 1.82) is 0 Å². The first-order chi connectivity index (χ1) is 8.61. The van der Waals surface area contributed by atoms with Crippen molar-refractivity contribution in [2.24, 2.45) is 0 Å². The molecule has 0 radical (unpaired) electrons. The van der Waals surface area contributed by atoms with Crippen LogP contribution in [0.25, 0.3) is 0 Å². The van der Waals surface area contributed by atoms with Crippen molar-refractivity contribution in [2.45, 2.75) is 24.9 Å². The van der Waals surface area contributed by atoms with E-state index < -0.39 is 0 Å². The molecule has 6 nitrogen and oxygen atoms in total. The smallest absolute Gasteiger partial charge is 0.306 e. The molecule has 0 amide bonds. The van der Waals surface area contributed by atoms with E-state index in [2.05, 4.69) is 9.97 Å². The zero-order chi connectivity index (χ0) is 13.4. The van der Waals surface area contributed by atoms with Crippen LogP contribution in [0.4, 0.5) is 0 Å². The number of ketones is 1. The maximum Gasteiger partial charge on any atom is 0.306 e. The number of hydrogen-bond donors (Lipinski definition) is 1. The van der Waals surface area contributed by atoms with Crippen LogP contribution in [0.3, 0.4) is 0 Å². The SMILES string of the molecule is CCOC(=O)CCC(=O)CSc1nccc(=O)[nH]1. The Morgan fingerprint density at radius 2 is 2.22 bits per heavy atom. The Labute approximate surface area is 108 Å². The lowest BCUT2D eigenvalue weighted by atomic mass is 10.2. The molecule has 0 aromatic carbocycles. The third-order valence-electron chi connectivity index (χ3n) is 1.93. The first kappa shape index (κ1) is 14.4. The lowest BCUT2D eigenvalue weighted by Gasteiger charge is -2.01. The number of carbonyl (C=O) groups excluding carboxylic acids is 2. The van der Waals surface area contributed by atoms with E-state index in [9.17, 15) is 14.4 Å². The van der Waals surface area contributed by atoms with E-state index in [1.165, 1.54) is 12.3 Å². The van der Waals surface area contributed by atoms with Gasteiger partial charge in [0.2, 0.25) is 0 Å². The summed E-state index contributed by atoms with van der Waals surface area (Å²) in [7, 11) is 0. The maximum atomic E-state index is 11.5. The van der Waals surface area contributed by atoms with Crippen LogP contribution in [0.2, 0.25) is 0 Å². The molecule has 1 aromatic rings. The number of aromatic amines is 1. The van der Waals surface area contributed by atoms with Crippen LogP contribution in [0.15, 0.2) is 22.2 Å². The molecule has 1 heterocycles. The quantitative estimate of drug-likeness (QED) is 0.447. The van der Waals surface area contributed by atoms with Gasteiger partial charge >= 0.3 is 5.97 Å². The molecule has 0 fully saturated rings. The fourth-order valence-electron chi connectivity index (χ4n) is 1.12. The van der Waals surface area contributed by atoms with Crippen molar-refractivity contribution in [1.82, 2.24) is 9.97 Å².